The largest absolute Gasteiger partial charge is 0.444 e. The molecule has 6 rings (SSSR count). The van der Waals surface area contributed by atoms with Gasteiger partial charge in [-0.15, -0.1) is 0 Å². The zero-order chi connectivity index (χ0) is 30.5. The van der Waals surface area contributed by atoms with Gasteiger partial charge in [0.1, 0.15) is 35.7 Å². The van der Waals surface area contributed by atoms with Crippen LogP contribution >= 0.6 is 0 Å². The number of amides is 2. The molecule has 2 unspecified atom stereocenters. The molecule has 3 aliphatic heterocycles. The van der Waals surface area contributed by atoms with Crippen LogP contribution in [0.4, 0.5) is 10.6 Å². The third kappa shape index (κ3) is 5.57. The van der Waals surface area contributed by atoms with Gasteiger partial charge in [-0.2, -0.15) is 5.10 Å². The van der Waals surface area contributed by atoms with Crippen LogP contribution in [0.5, 0.6) is 0 Å². The monoisotopic (exact) mass is 594 g/mol. The standard InChI is InChI=1S/C30H38N6O7/c1-29(2,3)43-28(39)35-18(15-37)24-25(42-30(4,5)41-24)23(35)22-20-21(34-36(22)19-13-9-10-14-40-19)26(32-16-31-20)33-27(38)17-11-7-6-8-12-17/h6-8,11-12,16,18-19,23-25,37H,9-10,13-15H2,1-5H3,(H,31,32,33,38)/t18-,19?,23+,24+,25?/m1/s1. The number of aromatic nitrogens is 4. The summed E-state index contributed by atoms with van der Waals surface area (Å²) in [5.74, 6) is -1.10. The van der Waals surface area contributed by atoms with Gasteiger partial charge in [0.25, 0.3) is 5.91 Å². The van der Waals surface area contributed by atoms with E-state index in [1.807, 2.05) is 6.07 Å². The van der Waals surface area contributed by atoms with Crippen LogP contribution in [0.3, 0.4) is 0 Å². The fraction of sp³-hybridized carbons (Fsp3) is 0.567. The summed E-state index contributed by atoms with van der Waals surface area (Å²) in [6.07, 6.45) is 1.44. The third-order valence-corrected chi connectivity index (χ3v) is 7.80. The molecule has 0 spiro atoms. The topological polar surface area (TPSA) is 150 Å². The normalized spacial score (nSPS) is 26.8. The number of likely N-dealkylation sites (tertiary alicyclic amines) is 1. The first-order valence-electron chi connectivity index (χ1n) is 14.7. The molecular formula is C30H38N6O7. The van der Waals surface area contributed by atoms with Crippen molar-refractivity contribution in [2.75, 3.05) is 18.5 Å². The molecule has 3 aromatic rings. The number of carbonyl (C=O) groups excluding carboxylic acids is 2. The number of nitrogens with one attached hydrogen (secondary N) is 1. The van der Waals surface area contributed by atoms with Crippen molar-refractivity contribution in [3.8, 4) is 0 Å². The summed E-state index contributed by atoms with van der Waals surface area (Å²) in [4.78, 5) is 37.4. The molecule has 5 atom stereocenters. The molecule has 2 amide bonds. The van der Waals surface area contributed by atoms with Crippen LogP contribution in [-0.2, 0) is 18.9 Å². The number of ether oxygens (including phenoxy) is 4. The molecule has 0 aliphatic carbocycles. The summed E-state index contributed by atoms with van der Waals surface area (Å²) in [6.45, 7) is 9.11. The van der Waals surface area contributed by atoms with Crippen LogP contribution in [0.2, 0.25) is 0 Å². The number of fused-ring (bicyclic) bond motifs is 2. The van der Waals surface area contributed by atoms with E-state index in [9.17, 15) is 14.7 Å². The molecular weight excluding hydrogens is 556 g/mol. The summed E-state index contributed by atoms with van der Waals surface area (Å²) < 4.78 is 26.4. The van der Waals surface area contributed by atoms with E-state index < -0.39 is 48.0 Å². The highest BCUT2D eigenvalue weighted by Gasteiger charge is 2.61. The summed E-state index contributed by atoms with van der Waals surface area (Å²) in [5, 5.41) is 18.4. The van der Waals surface area contributed by atoms with Crippen molar-refractivity contribution in [2.45, 2.75) is 95.8 Å². The Kier molecular flexibility index (Phi) is 7.61. The molecule has 2 aromatic heterocycles. The fourth-order valence-electron chi connectivity index (χ4n) is 6.13. The van der Waals surface area contributed by atoms with Gasteiger partial charge in [-0.25, -0.2) is 19.4 Å². The van der Waals surface area contributed by atoms with Crippen LogP contribution in [0.1, 0.15) is 82.2 Å². The van der Waals surface area contributed by atoms with E-state index >= 15 is 0 Å². The van der Waals surface area contributed by atoms with Gasteiger partial charge in [-0.05, 0) is 66.0 Å². The fourth-order valence-corrected chi connectivity index (χ4v) is 6.13. The van der Waals surface area contributed by atoms with Gasteiger partial charge in [-0.3, -0.25) is 9.69 Å². The minimum atomic E-state index is -0.965. The van der Waals surface area contributed by atoms with Crippen LogP contribution < -0.4 is 5.32 Å². The van der Waals surface area contributed by atoms with Crippen LogP contribution in [-0.4, -0.2) is 84.6 Å². The first-order chi connectivity index (χ1) is 20.5. The first-order valence-corrected chi connectivity index (χ1v) is 14.7. The quantitative estimate of drug-likeness (QED) is 0.444. The first kappa shape index (κ1) is 29.4. The highest BCUT2D eigenvalue weighted by Crippen LogP contribution is 2.49. The Morgan fingerprint density at radius 1 is 1.09 bits per heavy atom. The van der Waals surface area contributed by atoms with Crippen LogP contribution in [0.25, 0.3) is 11.0 Å². The Balaban J connectivity index is 1.52. The molecule has 3 fully saturated rings. The Bertz CT molecular complexity index is 1500. The van der Waals surface area contributed by atoms with E-state index in [1.54, 1.807) is 63.6 Å². The average molecular weight is 595 g/mol. The molecule has 0 radical (unpaired) electrons. The van der Waals surface area contributed by atoms with E-state index in [4.69, 9.17) is 24.0 Å². The number of benzene rings is 1. The zero-order valence-electron chi connectivity index (χ0n) is 25.0. The van der Waals surface area contributed by atoms with Crippen molar-refractivity contribution in [2.24, 2.45) is 0 Å². The molecule has 0 saturated carbocycles. The number of hydrogen-bond acceptors (Lipinski definition) is 10. The molecule has 3 aliphatic rings. The van der Waals surface area contributed by atoms with Gasteiger partial charge in [-0.1, -0.05) is 18.2 Å². The Morgan fingerprint density at radius 3 is 2.51 bits per heavy atom. The lowest BCUT2D eigenvalue weighted by atomic mass is 10.0. The third-order valence-electron chi connectivity index (χ3n) is 7.80. The van der Waals surface area contributed by atoms with E-state index in [0.717, 1.165) is 12.8 Å². The lowest BCUT2D eigenvalue weighted by molar-refractivity contribution is -0.169. The van der Waals surface area contributed by atoms with Crippen molar-refractivity contribution >= 4 is 28.9 Å². The SMILES string of the molecule is CC(C)(C)OC(=O)N1[C@H](CO)[C@@H]2OC(C)(C)OC2[C@@H]1c1c2ncnc(NC(=O)c3ccccc3)c2nn1C1CCCCO1. The molecule has 13 heteroatoms. The lowest BCUT2D eigenvalue weighted by Crippen LogP contribution is -2.47. The molecule has 2 N–H and O–H groups in total. The summed E-state index contributed by atoms with van der Waals surface area (Å²) >= 11 is 0. The molecule has 43 heavy (non-hydrogen) atoms. The van der Waals surface area contributed by atoms with Gasteiger partial charge in [0.15, 0.2) is 23.3 Å². The van der Waals surface area contributed by atoms with Crippen molar-refractivity contribution < 1.29 is 33.6 Å². The molecule has 3 saturated heterocycles. The minimum Gasteiger partial charge on any atom is -0.444 e. The van der Waals surface area contributed by atoms with E-state index in [0.29, 0.717) is 35.3 Å². The van der Waals surface area contributed by atoms with E-state index in [1.165, 1.54) is 11.2 Å². The second kappa shape index (κ2) is 11.1. The van der Waals surface area contributed by atoms with Gasteiger partial charge >= 0.3 is 6.09 Å². The molecule has 230 valence electrons. The number of nitrogens with zero attached hydrogens (tertiary/aromatic N) is 5. The van der Waals surface area contributed by atoms with Gasteiger partial charge < -0.3 is 29.4 Å². The average Bonchev–Trinajstić information content (AvgIpc) is 3.59. The zero-order valence-corrected chi connectivity index (χ0v) is 25.0. The van der Waals surface area contributed by atoms with Gasteiger partial charge in [0.05, 0.1) is 18.3 Å². The maximum atomic E-state index is 13.9. The minimum absolute atomic E-state index is 0.218. The molecule has 1 aromatic carbocycles. The second-order valence-electron chi connectivity index (χ2n) is 12.5. The van der Waals surface area contributed by atoms with Crippen molar-refractivity contribution in [3.63, 3.8) is 0 Å². The number of carbonyl (C=O) groups is 2. The smallest absolute Gasteiger partial charge is 0.411 e. The predicted octanol–water partition coefficient (Wildman–Crippen LogP) is 3.95. The van der Waals surface area contributed by atoms with Crippen LogP contribution in [0.15, 0.2) is 36.7 Å². The summed E-state index contributed by atoms with van der Waals surface area (Å²) in [5.41, 5.74) is 0.937. The number of anilines is 1. The highest BCUT2D eigenvalue weighted by molar-refractivity contribution is 6.07. The van der Waals surface area contributed by atoms with Crippen molar-refractivity contribution in [1.29, 1.82) is 0 Å². The summed E-state index contributed by atoms with van der Waals surface area (Å²) in [6, 6.07) is 7.22. The second-order valence-corrected chi connectivity index (χ2v) is 12.5. The van der Waals surface area contributed by atoms with E-state index in [2.05, 4.69) is 15.3 Å². The maximum absolute atomic E-state index is 13.9. The number of aliphatic hydroxyl groups is 1. The molecule has 5 heterocycles. The molecule has 0 bridgehead atoms. The van der Waals surface area contributed by atoms with E-state index in [-0.39, 0.29) is 18.3 Å². The Hall–Kier alpha value is -3.65. The van der Waals surface area contributed by atoms with Gasteiger partial charge in [0.2, 0.25) is 0 Å². The van der Waals surface area contributed by atoms with Gasteiger partial charge in [0, 0.05) is 12.2 Å². The van der Waals surface area contributed by atoms with Crippen molar-refractivity contribution in [1.82, 2.24) is 24.6 Å². The van der Waals surface area contributed by atoms with Crippen LogP contribution in [0, 0.1) is 0 Å². The summed E-state index contributed by atoms with van der Waals surface area (Å²) in [7, 11) is 0. The predicted molar refractivity (Wildman–Crippen MR) is 154 cm³/mol. The maximum Gasteiger partial charge on any atom is 0.411 e. The lowest BCUT2D eigenvalue weighted by Gasteiger charge is -2.35. The Labute approximate surface area is 249 Å². The number of hydrogen-bond donors (Lipinski definition) is 2. The highest BCUT2D eigenvalue weighted by atomic mass is 16.8. The molecule has 13 nitrogen and oxygen atoms in total. The Morgan fingerprint density at radius 2 is 1.84 bits per heavy atom. The number of aliphatic hydroxyl groups excluding tert-OH is 1. The number of rotatable bonds is 5. The van der Waals surface area contributed by atoms with Crippen molar-refractivity contribution in [3.05, 3.63) is 47.9 Å².